The molecule has 0 aliphatic rings. The highest BCUT2D eigenvalue weighted by atomic mass is 35.5. The molecule has 5 nitrogen and oxygen atoms in total. The molecular formula is C13H13Cl2N3O2S. The summed E-state index contributed by atoms with van der Waals surface area (Å²) in [5.74, 6) is 0. The minimum Gasteiger partial charge on any atom is -0.397 e. The number of sulfonamides is 1. The molecule has 2 aromatic rings. The van der Waals surface area contributed by atoms with Crippen LogP contribution in [0, 0.1) is 13.8 Å². The van der Waals surface area contributed by atoms with Gasteiger partial charge in [-0.05, 0) is 43.2 Å². The van der Waals surface area contributed by atoms with E-state index in [4.69, 9.17) is 28.9 Å². The summed E-state index contributed by atoms with van der Waals surface area (Å²) in [6.07, 6.45) is 1.35. The summed E-state index contributed by atoms with van der Waals surface area (Å²) in [4.78, 5) is 3.93. The van der Waals surface area contributed by atoms with Crippen LogP contribution < -0.4 is 10.5 Å². The van der Waals surface area contributed by atoms with Crippen molar-refractivity contribution >= 4 is 44.6 Å². The minimum absolute atomic E-state index is 0.0366. The molecule has 0 saturated carbocycles. The van der Waals surface area contributed by atoms with E-state index in [1.807, 2.05) is 0 Å². The maximum Gasteiger partial charge on any atom is 0.262 e. The van der Waals surface area contributed by atoms with Crippen LogP contribution in [0.1, 0.15) is 11.1 Å². The number of nitrogens with zero attached hydrogens (tertiary/aromatic N) is 1. The van der Waals surface area contributed by atoms with E-state index in [1.165, 1.54) is 18.3 Å². The highest BCUT2D eigenvalue weighted by Gasteiger charge is 2.17. The van der Waals surface area contributed by atoms with Gasteiger partial charge in [-0.15, -0.1) is 0 Å². The predicted molar refractivity (Wildman–Crippen MR) is 85.4 cm³/mol. The van der Waals surface area contributed by atoms with E-state index >= 15 is 0 Å². The van der Waals surface area contributed by atoms with Crippen molar-refractivity contribution < 1.29 is 8.42 Å². The second kappa shape index (κ2) is 5.71. The Balaban J connectivity index is 2.40. The van der Waals surface area contributed by atoms with Gasteiger partial charge in [-0.3, -0.25) is 4.72 Å². The molecule has 0 bridgehead atoms. The third-order valence-corrected chi connectivity index (χ3v) is 5.11. The van der Waals surface area contributed by atoms with E-state index in [0.29, 0.717) is 27.0 Å². The van der Waals surface area contributed by atoms with Crippen LogP contribution in [0.2, 0.25) is 10.2 Å². The summed E-state index contributed by atoms with van der Waals surface area (Å²) < 4.78 is 27.1. The zero-order valence-electron chi connectivity index (χ0n) is 11.3. The second-order valence-electron chi connectivity index (χ2n) is 4.58. The standard InChI is InChI=1S/C13H13Cl2N3O2S/c1-7-4-10(5-11(16)12(7)14)21(19,20)18-9-3-8(2)13(15)17-6-9/h3-6,18H,16H2,1-2H3. The number of benzene rings is 1. The molecule has 0 atom stereocenters. The zero-order valence-corrected chi connectivity index (χ0v) is 13.6. The van der Waals surface area contributed by atoms with Gasteiger partial charge in [0.2, 0.25) is 0 Å². The van der Waals surface area contributed by atoms with Gasteiger partial charge < -0.3 is 5.73 Å². The Bertz CT molecular complexity index is 784. The lowest BCUT2D eigenvalue weighted by Crippen LogP contribution is -2.14. The highest BCUT2D eigenvalue weighted by molar-refractivity contribution is 7.92. The van der Waals surface area contributed by atoms with Gasteiger partial charge in [0.05, 0.1) is 27.5 Å². The van der Waals surface area contributed by atoms with Gasteiger partial charge in [0.25, 0.3) is 10.0 Å². The van der Waals surface area contributed by atoms with Crippen LogP contribution in [0.3, 0.4) is 0 Å². The summed E-state index contributed by atoms with van der Waals surface area (Å²) in [6, 6.07) is 4.37. The van der Waals surface area contributed by atoms with E-state index < -0.39 is 10.0 Å². The highest BCUT2D eigenvalue weighted by Crippen LogP contribution is 2.28. The fraction of sp³-hybridized carbons (Fsp3) is 0.154. The number of anilines is 2. The largest absolute Gasteiger partial charge is 0.397 e. The van der Waals surface area contributed by atoms with Crippen molar-refractivity contribution in [3.8, 4) is 0 Å². The van der Waals surface area contributed by atoms with Crippen LogP contribution in [0.25, 0.3) is 0 Å². The maximum absolute atomic E-state index is 12.3. The lowest BCUT2D eigenvalue weighted by atomic mass is 10.2. The van der Waals surface area contributed by atoms with Gasteiger partial charge in [-0.1, -0.05) is 23.2 Å². The molecule has 0 aliphatic carbocycles. The number of halogens is 2. The first-order chi connectivity index (χ1) is 9.70. The van der Waals surface area contributed by atoms with Crippen molar-refractivity contribution in [2.24, 2.45) is 0 Å². The minimum atomic E-state index is -3.78. The number of nitrogens with two attached hydrogens (primary N) is 1. The fourth-order valence-corrected chi connectivity index (χ4v) is 3.11. The number of hydrogen-bond donors (Lipinski definition) is 2. The van der Waals surface area contributed by atoms with Gasteiger partial charge in [0.15, 0.2) is 0 Å². The molecule has 2 rings (SSSR count). The van der Waals surface area contributed by atoms with Crippen LogP contribution >= 0.6 is 23.2 Å². The SMILES string of the molecule is Cc1cc(NS(=O)(=O)c2cc(C)c(Cl)c(N)c2)cnc1Cl. The number of pyridine rings is 1. The Morgan fingerprint density at radius 1 is 1.14 bits per heavy atom. The molecule has 8 heteroatoms. The zero-order chi connectivity index (χ0) is 15.8. The van der Waals surface area contributed by atoms with Gasteiger partial charge in [0, 0.05) is 0 Å². The molecule has 3 N–H and O–H groups in total. The van der Waals surface area contributed by atoms with Crippen LogP contribution in [0.15, 0.2) is 29.3 Å². The Labute approximate surface area is 133 Å². The predicted octanol–water partition coefficient (Wildman–Crippen LogP) is 3.39. The molecule has 0 unspecified atom stereocenters. The normalized spacial score (nSPS) is 11.4. The van der Waals surface area contributed by atoms with E-state index in [-0.39, 0.29) is 10.6 Å². The van der Waals surface area contributed by atoms with E-state index in [0.717, 1.165) is 0 Å². The molecule has 0 fully saturated rings. The topological polar surface area (TPSA) is 85.1 Å². The molecule has 112 valence electrons. The summed E-state index contributed by atoms with van der Waals surface area (Å²) in [5, 5.41) is 0.669. The molecule has 0 amide bonds. The first-order valence-corrected chi connectivity index (χ1v) is 8.15. The lowest BCUT2D eigenvalue weighted by Gasteiger charge is -2.11. The molecule has 1 heterocycles. The second-order valence-corrected chi connectivity index (χ2v) is 7.00. The van der Waals surface area contributed by atoms with Gasteiger partial charge in [-0.2, -0.15) is 0 Å². The number of hydrogen-bond acceptors (Lipinski definition) is 4. The molecule has 1 aromatic heterocycles. The number of nitrogens with one attached hydrogen (secondary N) is 1. The van der Waals surface area contributed by atoms with Crippen molar-refractivity contribution in [1.82, 2.24) is 4.98 Å². The number of aromatic nitrogens is 1. The van der Waals surface area contributed by atoms with Crippen molar-refractivity contribution in [1.29, 1.82) is 0 Å². The number of aryl methyl sites for hydroxylation is 2. The first kappa shape index (κ1) is 15.9. The Hall–Kier alpha value is -1.50. The maximum atomic E-state index is 12.3. The average molecular weight is 346 g/mol. The molecular weight excluding hydrogens is 333 g/mol. The van der Waals surface area contributed by atoms with Crippen LogP contribution in [-0.4, -0.2) is 13.4 Å². The molecule has 0 spiro atoms. The fourth-order valence-electron chi connectivity index (χ4n) is 1.75. The number of nitrogen functional groups attached to an aromatic ring is 1. The molecule has 1 aromatic carbocycles. The monoisotopic (exact) mass is 345 g/mol. The average Bonchev–Trinajstić information content (AvgIpc) is 2.39. The van der Waals surface area contributed by atoms with Crippen molar-refractivity contribution in [3.05, 3.63) is 45.7 Å². The van der Waals surface area contributed by atoms with E-state index in [9.17, 15) is 8.42 Å². The Morgan fingerprint density at radius 3 is 2.38 bits per heavy atom. The van der Waals surface area contributed by atoms with E-state index in [1.54, 1.807) is 19.9 Å². The third-order valence-electron chi connectivity index (χ3n) is 2.83. The number of rotatable bonds is 3. The summed E-state index contributed by atoms with van der Waals surface area (Å²) in [5.41, 5.74) is 7.49. The summed E-state index contributed by atoms with van der Waals surface area (Å²) in [7, 11) is -3.78. The molecule has 0 saturated heterocycles. The van der Waals surface area contributed by atoms with Gasteiger partial charge in [0.1, 0.15) is 5.15 Å². The van der Waals surface area contributed by atoms with Crippen LogP contribution in [-0.2, 0) is 10.0 Å². The van der Waals surface area contributed by atoms with Crippen molar-refractivity contribution in [3.63, 3.8) is 0 Å². The van der Waals surface area contributed by atoms with Crippen molar-refractivity contribution in [2.75, 3.05) is 10.5 Å². The van der Waals surface area contributed by atoms with E-state index in [2.05, 4.69) is 9.71 Å². The Kier molecular flexibility index (Phi) is 4.32. The van der Waals surface area contributed by atoms with Crippen molar-refractivity contribution in [2.45, 2.75) is 18.7 Å². The Morgan fingerprint density at radius 2 is 1.81 bits per heavy atom. The van der Waals surface area contributed by atoms with Crippen LogP contribution in [0.4, 0.5) is 11.4 Å². The third kappa shape index (κ3) is 3.40. The van der Waals surface area contributed by atoms with Gasteiger partial charge in [-0.25, -0.2) is 13.4 Å². The van der Waals surface area contributed by atoms with Crippen LogP contribution in [0.5, 0.6) is 0 Å². The lowest BCUT2D eigenvalue weighted by molar-refractivity contribution is 0.601. The van der Waals surface area contributed by atoms with Gasteiger partial charge >= 0.3 is 0 Å². The summed E-state index contributed by atoms with van der Waals surface area (Å²) in [6.45, 7) is 3.42. The molecule has 0 radical (unpaired) electrons. The molecule has 21 heavy (non-hydrogen) atoms. The molecule has 0 aliphatic heterocycles. The smallest absolute Gasteiger partial charge is 0.262 e. The quantitative estimate of drug-likeness (QED) is 0.659. The summed E-state index contributed by atoms with van der Waals surface area (Å²) >= 11 is 11.7. The first-order valence-electron chi connectivity index (χ1n) is 5.91.